The molecule has 0 aromatic rings. The van der Waals surface area contributed by atoms with Gasteiger partial charge in [-0.25, -0.2) is 0 Å². The van der Waals surface area contributed by atoms with Gasteiger partial charge in [0.2, 0.25) is 0 Å². The van der Waals surface area contributed by atoms with Crippen LogP contribution in [0.2, 0.25) is 0 Å². The van der Waals surface area contributed by atoms with Gasteiger partial charge in [-0.05, 0) is 25.3 Å². The van der Waals surface area contributed by atoms with Crippen LogP contribution in [-0.4, -0.2) is 31.9 Å². The molecule has 0 aromatic heterocycles. The smallest absolute Gasteiger partial charge is 0.323 e. The number of methoxy groups -OCH3 is 2. The lowest BCUT2D eigenvalue weighted by molar-refractivity contribution is -0.169. The van der Waals surface area contributed by atoms with Crippen molar-refractivity contribution in [1.82, 2.24) is 0 Å². The molecule has 0 saturated carbocycles. The van der Waals surface area contributed by atoms with Gasteiger partial charge in [0.15, 0.2) is 5.41 Å². The van der Waals surface area contributed by atoms with E-state index in [0.717, 1.165) is 0 Å². The molecule has 0 radical (unpaired) electrons. The van der Waals surface area contributed by atoms with Crippen molar-refractivity contribution in [2.24, 2.45) is 5.41 Å². The zero-order valence-corrected chi connectivity index (χ0v) is 12.9. The van der Waals surface area contributed by atoms with Gasteiger partial charge in [-0.2, -0.15) is 0 Å². The average molecular weight is 294 g/mol. The molecule has 0 spiro atoms. The van der Waals surface area contributed by atoms with Crippen molar-refractivity contribution in [3.63, 3.8) is 0 Å². The topological polar surface area (TPSA) is 69.7 Å². The summed E-state index contributed by atoms with van der Waals surface area (Å²) in [6, 6.07) is 0. The molecule has 0 aliphatic heterocycles. The first kappa shape index (κ1) is 18.9. The minimum absolute atomic E-state index is 0.00760. The lowest BCUT2D eigenvalue weighted by Gasteiger charge is -2.27. The van der Waals surface area contributed by atoms with Gasteiger partial charge in [0.05, 0.1) is 14.2 Å². The number of ketones is 1. The van der Waals surface area contributed by atoms with Crippen molar-refractivity contribution < 1.29 is 23.9 Å². The summed E-state index contributed by atoms with van der Waals surface area (Å²) >= 11 is 0. The number of carbonyl (C=O) groups is 3. The molecule has 5 nitrogen and oxygen atoms in total. The second kappa shape index (κ2) is 8.93. The molecular weight excluding hydrogens is 272 g/mol. The van der Waals surface area contributed by atoms with Gasteiger partial charge in [-0.3, -0.25) is 9.59 Å². The Morgan fingerprint density at radius 1 is 1.14 bits per heavy atom. The molecule has 0 aromatic carbocycles. The van der Waals surface area contributed by atoms with Crippen LogP contribution in [0.4, 0.5) is 0 Å². The van der Waals surface area contributed by atoms with Crippen LogP contribution in [0.25, 0.3) is 0 Å². The molecular formula is C16H22O5. The largest absolute Gasteiger partial charge is 0.468 e. The number of esters is 2. The zero-order chi connectivity index (χ0) is 16.5. The Kier molecular flexibility index (Phi) is 8.02. The molecule has 116 valence electrons. The van der Waals surface area contributed by atoms with Crippen LogP contribution in [0.3, 0.4) is 0 Å². The van der Waals surface area contributed by atoms with Crippen molar-refractivity contribution >= 4 is 17.7 Å². The van der Waals surface area contributed by atoms with E-state index < -0.39 is 17.4 Å². The predicted molar refractivity (Wildman–Crippen MR) is 78.5 cm³/mol. The Labute approximate surface area is 125 Å². The molecule has 0 aliphatic rings. The van der Waals surface area contributed by atoms with Crippen LogP contribution in [0.15, 0.2) is 30.5 Å². The maximum absolute atomic E-state index is 12.1. The van der Waals surface area contributed by atoms with Gasteiger partial charge in [-0.1, -0.05) is 12.7 Å². The lowest BCUT2D eigenvalue weighted by atomic mass is 9.77. The first-order chi connectivity index (χ1) is 9.87. The summed E-state index contributed by atoms with van der Waals surface area (Å²) in [6.45, 7) is 8.59. The fraction of sp³-hybridized carbons (Fsp3) is 0.500. The minimum Gasteiger partial charge on any atom is -0.468 e. The van der Waals surface area contributed by atoms with Crippen molar-refractivity contribution in [3.8, 4) is 0 Å². The molecule has 0 rings (SSSR count). The Bertz CT molecular complexity index is 453. The van der Waals surface area contributed by atoms with Gasteiger partial charge >= 0.3 is 11.9 Å². The third-order valence-electron chi connectivity index (χ3n) is 3.19. The Balaban J connectivity index is 5.51. The molecule has 0 fully saturated rings. The number of Topliss-reactive ketones (excluding diaryl/α,β-unsaturated/α-hetero) is 1. The fourth-order valence-electron chi connectivity index (χ4n) is 2.03. The highest BCUT2D eigenvalue weighted by Crippen LogP contribution is 2.35. The van der Waals surface area contributed by atoms with E-state index in [0.29, 0.717) is 18.4 Å². The molecule has 0 bridgehead atoms. The van der Waals surface area contributed by atoms with Gasteiger partial charge < -0.3 is 14.3 Å². The van der Waals surface area contributed by atoms with Gasteiger partial charge in [0.25, 0.3) is 0 Å². The quantitative estimate of drug-likeness (QED) is 0.282. The maximum atomic E-state index is 12.1. The molecule has 0 unspecified atom stereocenters. The number of carbonyl (C=O) groups excluding carboxylic acids is 3. The van der Waals surface area contributed by atoms with Crippen molar-refractivity contribution in [1.29, 1.82) is 0 Å². The summed E-state index contributed by atoms with van der Waals surface area (Å²) in [5.41, 5.74) is 1.78. The second-order valence-electron chi connectivity index (χ2n) is 4.72. The summed E-state index contributed by atoms with van der Waals surface area (Å²) < 4.78 is 9.49. The summed E-state index contributed by atoms with van der Waals surface area (Å²) in [5.74, 6) is -1.40. The number of ether oxygens (including phenoxy) is 2. The number of hydrogen-bond acceptors (Lipinski definition) is 5. The van der Waals surface area contributed by atoms with E-state index in [1.807, 2.05) is 0 Å². The summed E-state index contributed by atoms with van der Waals surface area (Å²) in [6.07, 6.45) is 2.24. The molecule has 0 aliphatic carbocycles. The van der Waals surface area contributed by atoms with Crippen LogP contribution in [-0.2, 0) is 23.9 Å². The van der Waals surface area contributed by atoms with Crippen molar-refractivity contribution in [2.45, 2.75) is 32.6 Å². The lowest BCUT2D eigenvalue weighted by Crippen LogP contribution is -2.41. The molecule has 0 saturated heterocycles. The Morgan fingerprint density at radius 3 is 2.00 bits per heavy atom. The SMILES string of the molecule is C=C=C(CCC(C)=O)CC(CC=C)(C(=O)OC)C(=O)OC. The Morgan fingerprint density at radius 2 is 1.67 bits per heavy atom. The van der Waals surface area contributed by atoms with E-state index >= 15 is 0 Å². The zero-order valence-electron chi connectivity index (χ0n) is 12.9. The van der Waals surface area contributed by atoms with E-state index in [1.165, 1.54) is 27.2 Å². The molecule has 0 amide bonds. The summed E-state index contributed by atoms with van der Waals surface area (Å²) in [5, 5.41) is 0. The maximum Gasteiger partial charge on any atom is 0.323 e. The fourth-order valence-corrected chi connectivity index (χ4v) is 2.03. The van der Waals surface area contributed by atoms with E-state index in [2.05, 4.69) is 18.9 Å². The number of allylic oxidation sites excluding steroid dienone is 2. The summed E-state index contributed by atoms with van der Waals surface area (Å²) in [4.78, 5) is 35.3. The van der Waals surface area contributed by atoms with Crippen LogP contribution >= 0.6 is 0 Å². The van der Waals surface area contributed by atoms with Crippen LogP contribution in [0, 0.1) is 5.41 Å². The Hall–Kier alpha value is -2.13. The van der Waals surface area contributed by atoms with Gasteiger partial charge in [0, 0.05) is 12.8 Å². The number of hydrogen-bond donors (Lipinski definition) is 0. The van der Waals surface area contributed by atoms with Crippen molar-refractivity contribution in [2.75, 3.05) is 14.2 Å². The first-order valence-corrected chi connectivity index (χ1v) is 6.52. The van der Waals surface area contributed by atoms with E-state index in [1.54, 1.807) is 0 Å². The van der Waals surface area contributed by atoms with Gasteiger partial charge in [0.1, 0.15) is 5.78 Å². The third kappa shape index (κ3) is 5.04. The minimum atomic E-state index is -1.51. The standard InChI is InChI=1S/C16H22O5/c1-6-10-16(14(18)20-4,15(19)21-5)11-13(7-2)9-8-12(3)17/h6H,1-2,8-11H2,3-5H3. The predicted octanol–water partition coefficient (Wildman–Crippen LogP) is 2.37. The summed E-state index contributed by atoms with van der Waals surface area (Å²) in [7, 11) is 2.41. The van der Waals surface area contributed by atoms with Crippen molar-refractivity contribution in [3.05, 3.63) is 30.5 Å². The third-order valence-corrected chi connectivity index (χ3v) is 3.19. The molecule has 0 N–H and O–H groups in total. The first-order valence-electron chi connectivity index (χ1n) is 6.52. The van der Waals surface area contributed by atoms with Crippen LogP contribution < -0.4 is 0 Å². The van der Waals surface area contributed by atoms with E-state index in [9.17, 15) is 14.4 Å². The normalized spacial score (nSPS) is 10.2. The van der Waals surface area contributed by atoms with Gasteiger partial charge in [-0.15, -0.1) is 12.3 Å². The second-order valence-corrected chi connectivity index (χ2v) is 4.72. The molecule has 21 heavy (non-hydrogen) atoms. The highest BCUT2D eigenvalue weighted by Gasteiger charge is 2.47. The molecule has 0 heterocycles. The molecule has 5 heteroatoms. The molecule has 0 atom stereocenters. The highest BCUT2D eigenvalue weighted by atomic mass is 16.5. The average Bonchev–Trinajstić information content (AvgIpc) is 2.48. The van der Waals surface area contributed by atoms with Crippen LogP contribution in [0.5, 0.6) is 0 Å². The van der Waals surface area contributed by atoms with E-state index in [4.69, 9.17) is 9.47 Å². The monoisotopic (exact) mass is 294 g/mol. The van der Waals surface area contributed by atoms with E-state index in [-0.39, 0.29) is 18.6 Å². The van der Waals surface area contributed by atoms with Crippen LogP contribution in [0.1, 0.15) is 32.6 Å². The number of rotatable bonds is 9. The highest BCUT2D eigenvalue weighted by molar-refractivity contribution is 6.00.